The Morgan fingerprint density at radius 3 is 1.07 bits per heavy atom. The lowest BCUT2D eigenvalue weighted by molar-refractivity contribution is 1.43. The molecule has 0 aromatic heterocycles. The molecule has 2 heteroatoms. The molecule has 0 saturated carbocycles. The molecule has 0 fully saturated rings. The summed E-state index contributed by atoms with van der Waals surface area (Å²) in [7, 11) is 0. The highest BCUT2D eigenvalue weighted by atomic mass is 79.9. The summed E-state index contributed by atoms with van der Waals surface area (Å²) in [5.74, 6) is 0. The molecule has 0 nitrogen and oxygen atoms in total. The van der Waals surface area contributed by atoms with E-state index in [4.69, 9.17) is 0 Å². The van der Waals surface area contributed by atoms with E-state index in [0.29, 0.717) is 0 Å². The molecule has 5 aromatic carbocycles. The second kappa shape index (κ2) is 8.37. The Bertz CT molecular complexity index is 1230. The van der Waals surface area contributed by atoms with Gasteiger partial charge in [-0.1, -0.05) is 129 Å². The minimum absolute atomic E-state index is 0.868. The van der Waals surface area contributed by atoms with E-state index in [1.165, 1.54) is 54.9 Å². The molecule has 30 heavy (non-hydrogen) atoms. The van der Waals surface area contributed by atoms with Gasteiger partial charge < -0.3 is 0 Å². The van der Waals surface area contributed by atoms with E-state index < -0.39 is 0 Å². The van der Waals surface area contributed by atoms with Crippen molar-refractivity contribution in [2.45, 2.75) is 10.7 Å². The van der Waals surface area contributed by atoms with Crippen LogP contribution < -0.4 is 0 Å². The maximum absolute atomic E-state index is 3.57. The van der Waals surface area contributed by atoms with Gasteiger partial charge in [-0.15, -0.1) is 0 Å². The quantitative estimate of drug-likeness (QED) is 0.165. The van der Waals surface area contributed by atoms with Crippen molar-refractivity contribution in [2.75, 3.05) is 0 Å². The molecule has 0 aliphatic rings. The minimum Gasteiger partial charge on any atom is -0.0876 e. The summed E-state index contributed by atoms with van der Waals surface area (Å²) in [6.07, 6.45) is 0. The molecule has 5 aromatic rings. The Morgan fingerprint density at radius 2 is 0.733 bits per heavy atom. The standard InChI is InChI=1S/C28H20Br2/c29-17-19-9-13-21(14-10-19)27-25-7-3-1-5-23(25)24-6-2-4-8-26(24)28(27)22-15-11-20(18-30)12-16-22/h1-16H,17-18H2. The van der Waals surface area contributed by atoms with Gasteiger partial charge in [0.1, 0.15) is 0 Å². The Kier molecular flexibility index (Phi) is 5.45. The highest BCUT2D eigenvalue weighted by Crippen LogP contribution is 2.44. The van der Waals surface area contributed by atoms with Crippen molar-refractivity contribution in [3.05, 3.63) is 108 Å². The third-order valence-electron chi connectivity index (χ3n) is 5.73. The first-order valence-electron chi connectivity index (χ1n) is 10.0. The zero-order chi connectivity index (χ0) is 20.5. The van der Waals surface area contributed by atoms with E-state index in [1.807, 2.05) is 0 Å². The van der Waals surface area contributed by atoms with Crippen molar-refractivity contribution < 1.29 is 0 Å². The van der Waals surface area contributed by atoms with Gasteiger partial charge in [0.15, 0.2) is 0 Å². The monoisotopic (exact) mass is 514 g/mol. The summed E-state index contributed by atoms with van der Waals surface area (Å²) in [6, 6.07) is 35.4. The van der Waals surface area contributed by atoms with Crippen LogP contribution in [0.2, 0.25) is 0 Å². The van der Waals surface area contributed by atoms with E-state index >= 15 is 0 Å². The number of benzene rings is 5. The number of halogens is 2. The summed E-state index contributed by atoms with van der Waals surface area (Å²) in [4.78, 5) is 0. The van der Waals surface area contributed by atoms with Gasteiger partial charge in [-0.3, -0.25) is 0 Å². The molecule has 0 bridgehead atoms. The van der Waals surface area contributed by atoms with Gasteiger partial charge in [-0.2, -0.15) is 0 Å². The van der Waals surface area contributed by atoms with Crippen molar-refractivity contribution in [2.24, 2.45) is 0 Å². The normalized spacial score (nSPS) is 11.3. The van der Waals surface area contributed by atoms with E-state index in [9.17, 15) is 0 Å². The lowest BCUT2D eigenvalue weighted by Gasteiger charge is -2.19. The summed E-state index contributed by atoms with van der Waals surface area (Å²) >= 11 is 7.14. The highest BCUT2D eigenvalue weighted by molar-refractivity contribution is 9.08. The molecule has 146 valence electrons. The molecule has 0 amide bonds. The molecule has 0 unspecified atom stereocenters. The zero-order valence-electron chi connectivity index (χ0n) is 16.4. The Labute approximate surface area is 193 Å². The fourth-order valence-corrected chi connectivity index (χ4v) is 5.01. The van der Waals surface area contributed by atoms with Crippen molar-refractivity contribution in [1.82, 2.24) is 0 Å². The lowest BCUT2D eigenvalue weighted by atomic mass is 9.85. The van der Waals surface area contributed by atoms with Crippen molar-refractivity contribution >= 4 is 53.4 Å². The molecule has 0 atom stereocenters. The maximum Gasteiger partial charge on any atom is 0.0283 e. The minimum atomic E-state index is 0.868. The van der Waals surface area contributed by atoms with Crippen LogP contribution in [0.5, 0.6) is 0 Å². The smallest absolute Gasteiger partial charge is 0.0283 e. The van der Waals surface area contributed by atoms with Gasteiger partial charge in [0.2, 0.25) is 0 Å². The van der Waals surface area contributed by atoms with Crippen LogP contribution in [-0.2, 0) is 10.7 Å². The third-order valence-corrected chi connectivity index (χ3v) is 7.02. The van der Waals surface area contributed by atoms with Crippen LogP contribution in [0.4, 0.5) is 0 Å². The number of fused-ring (bicyclic) bond motifs is 3. The second-order valence-corrected chi connectivity index (χ2v) is 8.62. The number of alkyl halides is 2. The van der Waals surface area contributed by atoms with Crippen LogP contribution >= 0.6 is 31.9 Å². The number of hydrogen-bond acceptors (Lipinski definition) is 0. The summed E-state index contributed by atoms with van der Waals surface area (Å²) < 4.78 is 0. The van der Waals surface area contributed by atoms with Gasteiger partial charge in [0.05, 0.1) is 0 Å². The predicted octanol–water partition coefficient (Wildman–Crippen LogP) is 9.12. The lowest BCUT2D eigenvalue weighted by Crippen LogP contribution is -1.92. The Morgan fingerprint density at radius 1 is 0.400 bits per heavy atom. The van der Waals surface area contributed by atoms with Crippen LogP contribution in [0.3, 0.4) is 0 Å². The fraction of sp³-hybridized carbons (Fsp3) is 0.0714. The SMILES string of the molecule is BrCc1ccc(-c2c(-c3ccc(CBr)cc3)c3ccccc3c3ccccc23)cc1. The predicted molar refractivity (Wildman–Crippen MR) is 138 cm³/mol. The van der Waals surface area contributed by atoms with E-state index in [0.717, 1.165) is 10.7 Å². The van der Waals surface area contributed by atoms with Gasteiger partial charge in [-0.05, 0) is 54.9 Å². The maximum atomic E-state index is 3.57. The summed E-state index contributed by atoms with van der Waals surface area (Å²) in [5.41, 5.74) is 7.68. The first-order valence-corrected chi connectivity index (χ1v) is 12.3. The van der Waals surface area contributed by atoms with E-state index in [2.05, 4.69) is 129 Å². The first kappa shape index (κ1) is 19.5. The molecule has 5 rings (SSSR count). The van der Waals surface area contributed by atoms with Crippen LogP contribution in [0.25, 0.3) is 43.8 Å². The van der Waals surface area contributed by atoms with Crippen LogP contribution in [-0.4, -0.2) is 0 Å². The second-order valence-electron chi connectivity index (χ2n) is 7.50. The number of hydrogen-bond donors (Lipinski definition) is 0. The largest absolute Gasteiger partial charge is 0.0876 e. The molecule has 0 saturated heterocycles. The zero-order valence-corrected chi connectivity index (χ0v) is 19.6. The van der Waals surface area contributed by atoms with Crippen LogP contribution in [0.1, 0.15) is 11.1 Å². The van der Waals surface area contributed by atoms with Gasteiger partial charge in [-0.25, -0.2) is 0 Å². The average molecular weight is 516 g/mol. The van der Waals surface area contributed by atoms with Crippen molar-refractivity contribution in [3.63, 3.8) is 0 Å². The van der Waals surface area contributed by atoms with E-state index in [-0.39, 0.29) is 0 Å². The van der Waals surface area contributed by atoms with Crippen molar-refractivity contribution in [3.8, 4) is 22.3 Å². The molecular weight excluding hydrogens is 496 g/mol. The highest BCUT2D eigenvalue weighted by Gasteiger charge is 2.17. The fourth-order valence-electron chi connectivity index (χ4n) is 4.26. The summed E-state index contributed by atoms with van der Waals surface area (Å²) in [5, 5.41) is 6.92. The molecule has 0 radical (unpaired) electrons. The molecule has 0 N–H and O–H groups in total. The topological polar surface area (TPSA) is 0 Å². The molecule has 0 heterocycles. The molecule has 0 spiro atoms. The third kappa shape index (κ3) is 3.38. The average Bonchev–Trinajstić information content (AvgIpc) is 2.83. The van der Waals surface area contributed by atoms with Crippen LogP contribution in [0.15, 0.2) is 97.1 Å². The summed E-state index contributed by atoms with van der Waals surface area (Å²) in [6.45, 7) is 0. The molecule has 0 aliphatic heterocycles. The van der Waals surface area contributed by atoms with Crippen molar-refractivity contribution in [1.29, 1.82) is 0 Å². The Hall–Kier alpha value is -2.42. The number of rotatable bonds is 4. The van der Waals surface area contributed by atoms with E-state index in [1.54, 1.807) is 0 Å². The molecule has 0 aliphatic carbocycles. The Balaban J connectivity index is 1.93. The van der Waals surface area contributed by atoms with Gasteiger partial charge in [0.25, 0.3) is 0 Å². The molecular formula is C28H20Br2. The first-order chi connectivity index (χ1) is 14.8. The van der Waals surface area contributed by atoms with Gasteiger partial charge in [0, 0.05) is 10.7 Å². The van der Waals surface area contributed by atoms with Gasteiger partial charge >= 0.3 is 0 Å². The van der Waals surface area contributed by atoms with Crippen LogP contribution in [0, 0.1) is 0 Å².